The molecule has 0 saturated heterocycles. The quantitative estimate of drug-likeness (QED) is 0.596. The molecule has 0 aliphatic heterocycles. The van der Waals surface area contributed by atoms with Gasteiger partial charge in [0.15, 0.2) is 0 Å². The molecule has 1 aromatic rings. The second kappa shape index (κ2) is 4.44. The highest BCUT2D eigenvalue weighted by Gasteiger charge is 2.17. The Morgan fingerprint density at radius 3 is 2.75 bits per heavy atom. The molecule has 0 fully saturated rings. The van der Waals surface area contributed by atoms with Crippen molar-refractivity contribution >= 4 is 11.5 Å². The summed E-state index contributed by atoms with van der Waals surface area (Å²) in [5, 5.41) is 13.7. The van der Waals surface area contributed by atoms with Gasteiger partial charge in [-0.15, -0.1) is 0 Å². The zero-order valence-electron chi connectivity index (χ0n) is 9.65. The molecule has 16 heavy (non-hydrogen) atoms. The summed E-state index contributed by atoms with van der Waals surface area (Å²) < 4.78 is 0. The summed E-state index contributed by atoms with van der Waals surface area (Å²) in [5.41, 5.74) is 6.07. The number of rotatable bonds is 4. The van der Waals surface area contributed by atoms with E-state index in [1.165, 1.54) is 6.07 Å². The molecule has 0 aliphatic rings. The first-order valence-corrected chi connectivity index (χ1v) is 4.93. The van der Waals surface area contributed by atoms with Gasteiger partial charge in [0.05, 0.1) is 4.92 Å². The number of hydrogen-bond donors (Lipinski definition) is 2. The van der Waals surface area contributed by atoms with Crippen LogP contribution in [0.5, 0.6) is 0 Å². The lowest BCUT2D eigenvalue weighted by atomic mass is 10.1. The molecular weight excluding hydrogens is 208 g/mol. The van der Waals surface area contributed by atoms with E-state index < -0.39 is 10.5 Å². The summed E-state index contributed by atoms with van der Waals surface area (Å²) in [6.45, 7) is 5.85. The molecular formula is C10H16N4O2. The maximum Gasteiger partial charge on any atom is 0.311 e. The largest absolute Gasteiger partial charge is 0.363 e. The van der Waals surface area contributed by atoms with Crippen molar-refractivity contribution in [2.24, 2.45) is 5.73 Å². The van der Waals surface area contributed by atoms with Crippen LogP contribution >= 0.6 is 0 Å². The fourth-order valence-electron chi connectivity index (χ4n) is 1.14. The van der Waals surface area contributed by atoms with Crippen LogP contribution in [0.4, 0.5) is 11.5 Å². The van der Waals surface area contributed by atoms with Crippen molar-refractivity contribution in [2.75, 3.05) is 11.9 Å². The van der Waals surface area contributed by atoms with Crippen LogP contribution in [0, 0.1) is 17.0 Å². The van der Waals surface area contributed by atoms with E-state index in [1.807, 2.05) is 13.8 Å². The molecule has 6 heteroatoms. The first-order chi connectivity index (χ1) is 7.29. The van der Waals surface area contributed by atoms with Gasteiger partial charge in [0.25, 0.3) is 0 Å². The van der Waals surface area contributed by atoms with Crippen LogP contribution in [0.15, 0.2) is 12.3 Å². The molecule has 0 radical (unpaired) electrons. The molecule has 0 amide bonds. The van der Waals surface area contributed by atoms with E-state index in [4.69, 9.17) is 5.73 Å². The molecule has 88 valence electrons. The van der Waals surface area contributed by atoms with Gasteiger partial charge in [0.1, 0.15) is 0 Å². The third-order valence-corrected chi connectivity index (χ3v) is 1.91. The first-order valence-electron chi connectivity index (χ1n) is 4.93. The van der Waals surface area contributed by atoms with Gasteiger partial charge in [-0.2, -0.15) is 0 Å². The highest BCUT2D eigenvalue weighted by Crippen LogP contribution is 2.22. The normalized spacial score (nSPS) is 11.2. The van der Waals surface area contributed by atoms with E-state index in [9.17, 15) is 10.1 Å². The Morgan fingerprint density at radius 2 is 2.25 bits per heavy atom. The minimum Gasteiger partial charge on any atom is -0.363 e. The van der Waals surface area contributed by atoms with E-state index in [0.29, 0.717) is 6.54 Å². The molecule has 0 saturated carbocycles. The van der Waals surface area contributed by atoms with Gasteiger partial charge < -0.3 is 11.1 Å². The number of pyridine rings is 1. The lowest BCUT2D eigenvalue weighted by Crippen LogP contribution is -2.39. The second-order valence-corrected chi connectivity index (χ2v) is 4.48. The van der Waals surface area contributed by atoms with E-state index in [-0.39, 0.29) is 11.5 Å². The number of aryl methyl sites for hydroxylation is 1. The fraction of sp³-hybridized carbons (Fsp3) is 0.500. The molecule has 6 nitrogen and oxygen atoms in total. The van der Waals surface area contributed by atoms with Crippen molar-refractivity contribution in [1.29, 1.82) is 0 Å². The van der Waals surface area contributed by atoms with Crippen molar-refractivity contribution in [2.45, 2.75) is 26.3 Å². The summed E-state index contributed by atoms with van der Waals surface area (Å²) >= 11 is 0. The molecule has 0 spiro atoms. The number of nitro groups is 1. The number of hydrogen-bond acceptors (Lipinski definition) is 5. The van der Waals surface area contributed by atoms with Crippen molar-refractivity contribution in [3.8, 4) is 0 Å². The maximum atomic E-state index is 10.8. The van der Waals surface area contributed by atoms with Crippen LogP contribution in [0.2, 0.25) is 0 Å². The average molecular weight is 224 g/mol. The van der Waals surface area contributed by atoms with Crippen molar-refractivity contribution in [1.82, 2.24) is 4.98 Å². The molecule has 0 unspecified atom stereocenters. The topological polar surface area (TPSA) is 94.1 Å². The molecule has 1 rings (SSSR count). The van der Waals surface area contributed by atoms with Crippen LogP contribution < -0.4 is 11.1 Å². The van der Waals surface area contributed by atoms with Gasteiger partial charge in [-0.25, -0.2) is 4.98 Å². The Labute approximate surface area is 94.0 Å². The Bertz CT molecular complexity index is 398. The standard InChI is InChI=1S/C10H16N4O2/c1-7-4-8(14(15)16)9(12-5-7)13-6-10(2,3)11/h4-5H,6,11H2,1-3H3,(H,12,13). The van der Waals surface area contributed by atoms with Gasteiger partial charge in [-0.3, -0.25) is 10.1 Å². The maximum absolute atomic E-state index is 10.8. The summed E-state index contributed by atoms with van der Waals surface area (Å²) in [6, 6.07) is 1.48. The Hall–Kier alpha value is -1.69. The highest BCUT2D eigenvalue weighted by molar-refractivity contribution is 5.56. The fourth-order valence-corrected chi connectivity index (χ4v) is 1.14. The van der Waals surface area contributed by atoms with E-state index in [1.54, 1.807) is 13.1 Å². The predicted molar refractivity (Wildman–Crippen MR) is 62.4 cm³/mol. The van der Waals surface area contributed by atoms with Gasteiger partial charge in [0, 0.05) is 24.3 Å². The van der Waals surface area contributed by atoms with E-state index >= 15 is 0 Å². The second-order valence-electron chi connectivity index (χ2n) is 4.48. The minimum absolute atomic E-state index is 0.0238. The van der Waals surface area contributed by atoms with Gasteiger partial charge in [-0.1, -0.05) is 0 Å². The molecule has 0 aromatic carbocycles. The van der Waals surface area contributed by atoms with E-state index in [2.05, 4.69) is 10.3 Å². The summed E-state index contributed by atoms with van der Waals surface area (Å²) in [5.74, 6) is 0.258. The summed E-state index contributed by atoms with van der Waals surface area (Å²) in [6.07, 6.45) is 1.58. The van der Waals surface area contributed by atoms with Gasteiger partial charge in [0.2, 0.25) is 5.82 Å². The van der Waals surface area contributed by atoms with Gasteiger partial charge in [-0.05, 0) is 26.3 Å². The van der Waals surface area contributed by atoms with Crippen molar-refractivity contribution in [3.05, 3.63) is 27.9 Å². The molecule has 1 aromatic heterocycles. The average Bonchev–Trinajstić information content (AvgIpc) is 2.14. The minimum atomic E-state index is -0.453. The Balaban J connectivity index is 2.91. The predicted octanol–water partition coefficient (Wildman–Crippen LogP) is 1.45. The Kier molecular flexibility index (Phi) is 3.44. The van der Waals surface area contributed by atoms with Crippen LogP contribution in [0.25, 0.3) is 0 Å². The first kappa shape index (κ1) is 12.4. The zero-order chi connectivity index (χ0) is 12.3. The van der Waals surface area contributed by atoms with Crippen molar-refractivity contribution in [3.63, 3.8) is 0 Å². The lowest BCUT2D eigenvalue weighted by Gasteiger charge is -2.19. The summed E-state index contributed by atoms with van der Waals surface area (Å²) in [4.78, 5) is 14.3. The number of anilines is 1. The molecule has 3 N–H and O–H groups in total. The highest BCUT2D eigenvalue weighted by atomic mass is 16.6. The molecule has 0 bridgehead atoms. The SMILES string of the molecule is Cc1cnc(NCC(C)(C)N)c([N+](=O)[O-])c1. The summed E-state index contributed by atoms with van der Waals surface area (Å²) in [7, 11) is 0. The molecule has 0 aliphatic carbocycles. The van der Waals surface area contributed by atoms with Crippen LogP contribution in [-0.2, 0) is 0 Å². The number of aromatic nitrogens is 1. The molecule has 0 atom stereocenters. The number of nitrogens with two attached hydrogens (primary N) is 1. The third kappa shape index (κ3) is 3.47. The lowest BCUT2D eigenvalue weighted by molar-refractivity contribution is -0.384. The van der Waals surface area contributed by atoms with Crippen LogP contribution in [0.1, 0.15) is 19.4 Å². The van der Waals surface area contributed by atoms with Crippen LogP contribution in [0.3, 0.4) is 0 Å². The Morgan fingerprint density at radius 1 is 1.62 bits per heavy atom. The molecule has 1 heterocycles. The zero-order valence-corrected chi connectivity index (χ0v) is 9.65. The van der Waals surface area contributed by atoms with Crippen LogP contribution in [-0.4, -0.2) is 22.0 Å². The van der Waals surface area contributed by atoms with Gasteiger partial charge >= 0.3 is 5.69 Å². The van der Waals surface area contributed by atoms with E-state index in [0.717, 1.165) is 5.56 Å². The monoisotopic (exact) mass is 224 g/mol. The smallest absolute Gasteiger partial charge is 0.311 e. The number of nitrogens with zero attached hydrogens (tertiary/aromatic N) is 2. The van der Waals surface area contributed by atoms with Crippen molar-refractivity contribution < 1.29 is 4.92 Å². The third-order valence-electron chi connectivity index (χ3n) is 1.91. The number of nitrogens with one attached hydrogen (secondary N) is 1.